The van der Waals surface area contributed by atoms with Crippen LogP contribution in [0.25, 0.3) is 22.1 Å². The number of benzene rings is 4. The molecule has 9 heteroatoms. The van der Waals surface area contributed by atoms with Gasteiger partial charge in [0.2, 0.25) is 0 Å². The third-order valence-electron chi connectivity index (χ3n) is 6.85. The molecule has 0 amide bonds. The van der Waals surface area contributed by atoms with Gasteiger partial charge in [-0.15, -0.1) is 0 Å². The molecule has 0 unspecified atom stereocenters. The van der Waals surface area contributed by atoms with Crippen LogP contribution in [-0.4, -0.2) is 16.8 Å². The van der Waals surface area contributed by atoms with Crippen LogP contribution in [0.4, 0.5) is 5.69 Å². The zero-order valence-electron chi connectivity index (χ0n) is 22.4. The smallest absolute Gasteiger partial charge is 0.344 e. The number of hydrogen-bond donors (Lipinski definition) is 0. The Kier molecular flexibility index (Phi) is 6.89. The second-order valence-electron chi connectivity index (χ2n) is 9.72. The molecule has 0 bridgehead atoms. The molecule has 0 spiro atoms. The summed E-state index contributed by atoms with van der Waals surface area (Å²) in [5.41, 5.74) is 3.63. The molecule has 0 aliphatic heterocycles. The van der Waals surface area contributed by atoms with Gasteiger partial charge in [-0.1, -0.05) is 59.7 Å². The van der Waals surface area contributed by atoms with Gasteiger partial charge in [-0.05, 0) is 86.8 Å². The van der Waals surface area contributed by atoms with Crippen LogP contribution in [0.5, 0.6) is 0 Å². The summed E-state index contributed by atoms with van der Waals surface area (Å²) < 4.78 is 62.1. The molecule has 4 aromatic carbocycles. The van der Waals surface area contributed by atoms with Crippen molar-refractivity contribution >= 4 is 36.7 Å². The van der Waals surface area contributed by atoms with Gasteiger partial charge in [0.05, 0.1) is 21.0 Å². The molecule has 0 atom stereocenters. The lowest BCUT2D eigenvalue weighted by atomic mass is 9.96. The van der Waals surface area contributed by atoms with Crippen molar-refractivity contribution in [3.8, 4) is 11.1 Å². The highest BCUT2D eigenvalue weighted by Crippen LogP contribution is 2.35. The Balaban J connectivity index is 1.80. The molecule has 204 valence electrons. The molecule has 5 aromatic rings. The quantitative estimate of drug-likeness (QED) is 0.222. The highest BCUT2D eigenvalue weighted by Gasteiger charge is 2.37. The van der Waals surface area contributed by atoms with Crippen LogP contribution in [-0.2, 0) is 20.0 Å². The Morgan fingerprint density at radius 3 is 1.70 bits per heavy atom. The fourth-order valence-electron chi connectivity index (χ4n) is 4.64. The molecule has 0 saturated heterocycles. The standard InChI is InChI=1S/C31H27NO6S2/c1-20-9-14-25(15-10-20)39(34,35)32(40(36,37)26-16-11-21(2)12-17-26)24-13-18-29-28(19-24)23(4)30(31(33)38-29)27-8-6-5-7-22(27)3/h5-19H,1-4H3. The van der Waals surface area contributed by atoms with Crippen molar-refractivity contribution < 1.29 is 21.3 Å². The first-order valence-electron chi connectivity index (χ1n) is 12.5. The van der Waals surface area contributed by atoms with Gasteiger partial charge in [0.1, 0.15) is 5.58 Å². The molecule has 0 saturated carbocycles. The summed E-state index contributed by atoms with van der Waals surface area (Å²) in [7, 11) is -9.18. The van der Waals surface area contributed by atoms with E-state index < -0.39 is 25.7 Å². The third kappa shape index (κ3) is 4.71. The summed E-state index contributed by atoms with van der Waals surface area (Å²) in [6.07, 6.45) is 0. The Morgan fingerprint density at radius 2 is 1.18 bits per heavy atom. The van der Waals surface area contributed by atoms with Crippen LogP contribution in [0.2, 0.25) is 0 Å². The topological polar surface area (TPSA) is 102 Å². The van der Waals surface area contributed by atoms with E-state index in [0.717, 1.165) is 16.7 Å². The summed E-state index contributed by atoms with van der Waals surface area (Å²) in [4.78, 5) is 12.6. The summed E-state index contributed by atoms with van der Waals surface area (Å²) in [6.45, 7) is 7.23. The Hall–Kier alpha value is -4.21. The van der Waals surface area contributed by atoms with Crippen molar-refractivity contribution in [2.45, 2.75) is 37.5 Å². The molecule has 0 aliphatic carbocycles. The van der Waals surface area contributed by atoms with Crippen LogP contribution >= 0.6 is 0 Å². The number of rotatable bonds is 6. The van der Waals surface area contributed by atoms with Gasteiger partial charge < -0.3 is 4.42 Å². The summed E-state index contributed by atoms with van der Waals surface area (Å²) in [5, 5.41) is 0.415. The molecule has 0 N–H and O–H groups in total. The lowest BCUT2D eigenvalue weighted by molar-refractivity contribution is 0.562. The van der Waals surface area contributed by atoms with E-state index in [1.165, 1.54) is 42.5 Å². The number of aryl methyl sites for hydroxylation is 4. The van der Waals surface area contributed by atoms with Gasteiger partial charge in [-0.25, -0.2) is 21.6 Å². The average Bonchev–Trinajstić information content (AvgIpc) is 2.90. The van der Waals surface area contributed by atoms with E-state index in [9.17, 15) is 21.6 Å². The SMILES string of the molecule is Cc1ccc(S(=O)(=O)N(c2ccc3oc(=O)c(-c4ccccc4C)c(C)c3c2)S(=O)(=O)c2ccc(C)cc2)cc1. The van der Waals surface area contributed by atoms with Crippen molar-refractivity contribution in [3.05, 3.63) is 124 Å². The molecular weight excluding hydrogens is 546 g/mol. The summed E-state index contributed by atoms with van der Waals surface area (Å²) in [5.74, 6) is 0. The lowest BCUT2D eigenvalue weighted by Gasteiger charge is -2.25. The number of hydrogen-bond acceptors (Lipinski definition) is 6. The Morgan fingerprint density at radius 1 is 0.650 bits per heavy atom. The second-order valence-corrected chi connectivity index (χ2v) is 13.5. The molecular formula is C31H27NO6S2. The van der Waals surface area contributed by atoms with E-state index >= 15 is 0 Å². The number of nitrogens with zero attached hydrogens (tertiary/aromatic N) is 1. The van der Waals surface area contributed by atoms with Gasteiger partial charge in [-0.3, -0.25) is 0 Å². The van der Waals surface area contributed by atoms with Crippen LogP contribution in [0.15, 0.2) is 110 Å². The predicted molar refractivity (Wildman–Crippen MR) is 157 cm³/mol. The number of sulfonamides is 2. The maximum absolute atomic E-state index is 14.0. The first-order chi connectivity index (χ1) is 18.9. The first-order valence-corrected chi connectivity index (χ1v) is 15.4. The molecule has 5 rings (SSSR count). The van der Waals surface area contributed by atoms with Gasteiger partial charge in [0.15, 0.2) is 0 Å². The van der Waals surface area contributed by atoms with E-state index in [2.05, 4.69) is 0 Å². The van der Waals surface area contributed by atoms with Crippen LogP contribution in [0.1, 0.15) is 22.3 Å². The summed E-state index contributed by atoms with van der Waals surface area (Å²) in [6, 6.07) is 23.5. The minimum Gasteiger partial charge on any atom is -0.422 e. The molecule has 1 aromatic heterocycles. The first kappa shape index (κ1) is 27.4. The highest BCUT2D eigenvalue weighted by atomic mass is 32.3. The predicted octanol–water partition coefficient (Wildman–Crippen LogP) is 6.28. The minimum atomic E-state index is -4.59. The maximum Gasteiger partial charge on any atom is 0.344 e. The zero-order valence-corrected chi connectivity index (χ0v) is 24.0. The van der Waals surface area contributed by atoms with Gasteiger partial charge in [0, 0.05) is 5.39 Å². The van der Waals surface area contributed by atoms with Crippen molar-refractivity contribution in [3.63, 3.8) is 0 Å². The third-order valence-corrected chi connectivity index (χ3v) is 11.1. The molecule has 0 radical (unpaired) electrons. The fraction of sp³-hybridized carbons (Fsp3) is 0.129. The molecule has 7 nitrogen and oxygen atoms in total. The fourth-order valence-corrected chi connectivity index (χ4v) is 8.31. The van der Waals surface area contributed by atoms with E-state index in [1.54, 1.807) is 37.3 Å². The number of fused-ring (bicyclic) bond motifs is 1. The van der Waals surface area contributed by atoms with E-state index in [-0.39, 0.29) is 21.1 Å². The molecule has 40 heavy (non-hydrogen) atoms. The van der Waals surface area contributed by atoms with Gasteiger partial charge >= 0.3 is 5.63 Å². The molecule has 0 fully saturated rings. The van der Waals surface area contributed by atoms with Crippen molar-refractivity contribution in [1.29, 1.82) is 0 Å². The monoisotopic (exact) mass is 573 g/mol. The molecule has 1 heterocycles. The van der Waals surface area contributed by atoms with Crippen LogP contribution in [0.3, 0.4) is 0 Å². The van der Waals surface area contributed by atoms with Crippen molar-refractivity contribution in [1.82, 2.24) is 0 Å². The van der Waals surface area contributed by atoms with E-state index in [1.807, 2.05) is 39.0 Å². The van der Waals surface area contributed by atoms with E-state index in [0.29, 0.717) is 25.8 Å². The van der Waals surface area contributed by atoms with Crippen molar-refractivity contribution in [2.24, 2.45) is 0 Å². The number of anilines is 1. The van der Waals surface area contributed by atoms with Crippen LogP contribution < -0.4 is 9.34 Å². The van der Waals surface area contributed by atoms with Crippen molar-refractivity contribution in [2.75, 3.05) is 3.71 Å². The summed E-state index contributed by atoms with van der Waals surface area (Å²) >= 11 is 0. The average molecular weight is 574 g/mol. The normalized spacial score (nSPS) is 12.0. The molecule has 0 aliphatic rings. The Bertz CT molecular complexity index is 1950. The zero-order chi connectivity index (χ0) is 28.8. The lowest BCUT2D eigenvalue weighted by Crippen LogP contribution is -2.37. The van der Waals surface area contributed by atoms with E-state index in [4.69, 9.17) is 4.42 Å². The maximum atomic E-state index is 14.0. The minimum absolute atomic E-state index is 0.110. The van der Waals surface area contributed by atoms with Gasteiger partial charge in [-0.2, -0.15) is 3.71 Å². The largest absolute Gasteiger partial charge is 0.422 e. The van der Waals surface area contributed by atoms with Gasteiger partial charge in [0.25, 0.3) is 20.0 Å². The van der Waals surface area contributed by atoms with Crippen LogP contribution in [0, 0.1) is 27.7 Å². The highest BCUT2D eigenvalue weighted by molar-refractivity contribution is 8.10. The second kappa shape index (κ2) is 10.1. The Labute approximate surface area is 233 Å².